The molecule has 0 spiro atoms. The van der Waals surface area contributed by atoms with Crippen molar-refractivity contribution in [2.45, 2.75) is 64.0 Å². The molecule has 2 fully saturated rings. The van der Waals surface area contributed by atoms with Crippen LogP contribution in [0.15, 0.2) is 12.1 Å². The van der Waals surface area contributed by atoms with Crippen molar-refractivity contribution in [1.82, 2.24) is 29.9 Å². The van der Waals surface area contributed by atoms with Crippen molar-refractivity contribution in [3.63, 3.8) is 0 Å². The van der Waals surface area contributed by atoms with Crippen LogP contribution in [0.3, 0.4) is 0 Å². The molecule has 2 aliphatic heterocycles. The first-order valence-corrected chi connectivity index (χ1v) is 11.8. The van der Waals surface area contributed by atoms with Crippen molar-refractivity contribution in [3.8, 4) is 17.3 Å². The largest absolute Gasteiger partial charge is 0.346 e. The Morgan fingerprint density at radius 1 is 1.31 bits per heavy atom. The van der Waals surface area contributed by atoms with Gasteiger partial charge in [-0.3, -0.25) is 9.78 Å². The van der Waals surface area contributed by atoms with Crippen LogP contribution in [0.1, 0.15) is 37.6 Å². The van der Waals surface area contributed by atoms with Gasteiger partial charge in [-0.05, 0) is 45.2 Å². The van der Waals surface area contributed by atoms with E-state index in [2.05, 4.69) is 26.3 Å². The van der Waals surface area contributed by atoms with Crippen molar-refractivity contribution < 1.29 is 4.39 Å². The number of H-pyrrole nitrogens is 1. The number of aromatic amines is 1. The van der Waals surface area contributed by atoms with Crippen LogP contribution >= 0.6 is 24.0 Å². The lowest BCUT2D eigenvalue weighted by molar-refractivity contribution is 0.203. The maximum Gasteiger partial charge on any atom is 0.177 e. The molecule has 4 aromatic rings. The van der Waals surface area contributed by atoms with Crippen LogP contribution in [0.5, 0.6) is 0 Å². The zero-order valence-corrected chi connectivity index (χ0v) is 20.7. The Bertz CT molecular complexity index is 1490. The molecule has 2 saturated heterocycles. The van der Waals surface area contributed by atoms with E-state index in [0.717, 1.165) is 12.8 Å². The van der Waals surface area contributed by atoms with Gasteiger partial charge in [0.1, 0.15) is 29.1 Å². The van der Waals surface area contributed by atoms with E-state index < -0.39 is 12.2 Å². The van der Waals surface area contributed by atoms with Gasteiger partial charge >= 0.3 is 0 Å². The first-order valence-electron chi connectivity index (χ1n) is 11.4. The Balaban J connectivity index is 0.00000253. The molecule has 0 amide bonds. The quantitative estimate of drug-likeness (QED) is 0.421. The zero-order valence-electron chi connectivity index (χ0n) is 19.2. The van der Waals surface area contributed by atoms with Crippen LogP contribution < -0.4 is 10.6 Å². The van der Waals surface area contributed by atoms with E-state index in [1.165, 1.54) is 0 Å². The predicted molar refractivity (Wildman–Crippen MR) is 135 cm³/mol. The third-order valence-corrected chi connectivity index (χ3v) is 7.55. The number of hydrogen-bond donors (Lipinski definition) is 2. The Kier molecular flexibility index (Phi) is 5.82. The SMILES string of the molecule is CCn1nc2ccc(-c3n[nH]c4nc(N5[C@H]6CC[C@@H]5[C@@H](F)[C@@H](N)C6)c(C)nc34)c(Cl)c2c1C#N.Cl. The topological polar surface area (TPSA) is 125 Å². The highest BCUT2D eigenvalue weighted by molar-refractivity contribution is 6.38. The van der Waals surface area contributed by atoms with Gasteiger partial charge in [0, 0.05) is 24.2 Å². The van der Waals surface area contributed by atoms with Gasteiger partial charge in [-0.15, -0.1) is 12.4 Å². The molecule has 12 heteroatoms. The minimum atomic E-state index is -1.09. The Morgan fingerprint density at radius 2 is 2.11 bits per heavy atom. The van der Waals surface area contributed by atoms with Crippen LogP contribution in [0.4, 0.5) is 10.2 Å². The number of aryl methyl sites for hydroxylation is 2. The van der Waals surface area contributed by atoms with Gasteiger partial charge < -0.3 is 10.6 Å². The second-order valence-corrected chi connectivity index (χ2v) is 9.43. The highest BCUT2D eigenvalue weighted by Gasteiger charge is 2.47. The normalized spacial score (nSPS) is 23.6. The number of nitrogens with one attached hydrogen (secondary N) is 1. The van der Waals surface area contributed by atoms with Crippen LogP contribution in [0, 0.1) is 18.3 Å². The monoisotopic (exact) mass is 515 g/mol. The third-order valence-electron chi connectivity index (χ3n) is 7.16. The van der Waals surface area contributed by atoms with Gasteiger partial charge in [0.25, 0.3) is 0 Å². The fourth-order valence-corrected chi connectivity index (χ4v) is 5.91. The standard InChI is InChI=1S/C23H23ClFN9.ClH/c1-3-33-16(9-26)17-14(32-33)6-5-12(18(17)24)20-21-22(31-30-20)29-23(10(2)28-21)34-11-4-7-15(34)19(25)13(27)8-11;/h5-6,11,13,15,19H,3-4,7-8,27H2,1-2H3,(H,29,30,31);1H/t11-,13-,15+,19-;/m0./s1. The fourth-order valence-electron chi connectivity index (χ4n) is 5.57. The molecule has 1 aromatic carbocycles. The molecule has 5 heterocycles. The van der Waals surface area contributed by atoms with Crippen molar-refractivity contribution in [3.05, 3.63) is 28.5 Å². The molecular formula is C23H24Cl2FN9. The summed E-state index contributed by atoms with van der Waals surface area (Å²) in [4.78, 5) is 11.7. The Hall–Kier alpha value is -3.00. The summed E-state index contributed by atoms with van der Waals surface area (Å²) in [7, 11) is 0. The fraction of sp³-hybridized carbons (Fsp3) is 0.435. The van der Waals surface area contributed by atoms with E-state index in [1.54, 1.807) is 4.68 Å². The summed E-state index contributed by atoms with van der Waals surface area (Å²) >= 11 is 6.79. The summed E-state index contributed by atoms with van der Waals surface area (Å²) in [5, 5.41) is 22.6. The number of nitrogens with two attached hydrogens (primary N) is 1. The van der Waals surface area contributed by atoms with Crippen LogP contribution in [-0.4, -0.2) is 54.2 Å². The number of nitriles is 1. The summed E-state index contributed by atoms with van der Waals surface area (Å²) in [6.45, 7) is 4.36. The summed E-state index contributed by atoms with van der Waals surface area (Å²) in [6, 6.07) is 5.32. The average molecular weight is 516 g/mol. The maximum atomic E-state index is 14.9. The smallest absolute Gasteiger partial charge is 0.177 e. The lowest BCUT2D eigenvalue weighted by Crippen LogP contribution is -2.56. The summed E-state index contributed by atoms with van der Waals surface area (Å²) in [5.74, 6) is 0.669. The van der Waals surface area contributed by atoms with Crippen LogP contribution in [0.25, 0.3) is 33.3 Å². The third kappa shape index (κ3) is 3.37. The molecule has 0 aliphatic carbocycles. The van der Waals surface area contributed by atoms with E-state index in [9.17, 15) is 9.65 Å². The zero-order chi connectivity index (χ0) is 23.7. The van der Waals surface area contributed by atoms with E-state index >= 15 is 0 Å². The van der Waals surface area contributed by atoms with E-state index in [1.807, 2.05) is 26.0 Å². The number of fused-ring (bicyclic) bond motifs is 4. The molecule has 6 rings (SSSR count). The Morgan fingerprint density at radius 3 is 2.86 bits per heavy atom. The van der Waals surface area contributed by atoms with Crippen LogP contribution in [-0.2, 0) is 6.54 Å². The second kappa shape index (κ2) is 8.59. The molecule has 2 bridgehead atoms. The molecule has 9 nitrogen and oxygen atoms in total. The molecule has 4 atom stereocenters. The Labute approximate surface area is 211 Å². The number of hydrogen-bond acceptors (Lipinski definition) is 7. The van der Waals surface area contributed by atoms with Gasteiger partial charge in [0.15, 0.2) is 11.5 Å². The number of anilines is 1. The molecule has 3 N–H and O–H groups in total. The number of aromatic nitrogens is 6. The van der Waals surface area contributed by atoms with Gasteiger partial charge in [-0.25, -0.2) is 14.4 Å². The number of rotatable bonds is 3. The van der Waals surface area contributed by atoms with Crippen molar-refractivity contribution in [2.24, 2.45) is 5.73 Å². The van der Waals surface area contributed by atoms with Gasteiger partial charge in [-0.2, -0.15) is 15.5 Å². The van der Waals surface area contributed by atoms with Gasteiger partial charge in [-0.1, -0.05) is 11.6 Å². The van der Waals surface area contributed by atoms with Crippen molar-refractivity contribution in [1.29, 1.82) is 5.26 Å². The molecule has 0 unspecified atom stereocenters. The lowest BCUT2D eigenvalue weighted by Gasteiger charge is -2.41. The number of benzene rings is 1. The second-order valence-electron chi connectivity index (χ2n) is 9.05. The summed E-state index contributed by atoms with van der Waals surface area (Å²) in [6.07, 6.45) is 1.17. The summed E-state index contributed by atoms with van der Waals surface area (Å²) in [5.41, 5.74) is 10.0. The highest BCUT2D eigenvalue weighted by atomic mass is 35.5. The first kappa shape index (κ1) is 23.7. The first-order chi connectivity index (χ1) is 16.4. The molecule has 0 radical (unpaired) electrons. The summed E-state index contributed by atoms with van der Waals surface area (Å²) < 4.78 is 16.5. The van der Waals surface area contributed by atoms with Crippen molar-refractivity contribution in [2.75, 3.05) is 4.90 Å². The number of halogens is 3. The predicted octanol–water partition coefficient (Wildman–Crippen LogP) is 4.05. The maximum absolute atomic E-state index is 14.9. The van der Waals surface area contributed by atoms with Gasteiger partial charge in [0.2, 0.25) is 0 Å². The minimum absolute atomic E-state index is 0. The molecule has 35 heavy (non-hydrogen) atoms. The number of alkyl halides is 1. The van der Waals surface area contributed by atoms with Gasteiger partial charge in [0.05, 0.1) is 27.7 Å². The molecule has 0 saturated carbocycles. The average Bonchev–Trinajstić information content (AvgIpc) is 3.50. The molecule has 182 valence electrons. The van der Waals surface area contributed by atoms with Crippen molar-refractivity contribution >= 4 is 51.9 Å². The number of piperidine rings is 1. The van der Waals surface area contributed by atoms with Crippen LogP contribution in [0.2, 0.25) is 5.02 Å². The lowest BCUT2D eigenvalue weighted by atomic mass is 9.96. The number of nitrogens with zero attached hydrogens (tertiary/aromatic N) is 7. The van der Waals surface area contributed by atoms with E-state index in [-0.39, 0.29) is 24.5 Å². The molecule has 2 aliphatic rings. The molecular weight excluding hydrogens is 492 g/mol. The van der Waals surface area contributed by atoms with E-state index in [4.69, 9.17) is 27.3 Å². The highest BCUT2D eigenvalue weighted by Crippen LogP contribution is 2.42. The molecule has 3 aromatic heterocycles. The minimum Gasteiger partial charge on any atom is -0.346 e. The van der Waals surface area contributed by atoms with E-state index in [0.29, 0.717) is 68.5 Å².